The summed E-state index contributed by atoms with van der Waals surface area (Å²) in [7, 11) is 0. The van der Waals surface area contributed by atoms with Crippen molar-refractivity contribution in [1.29, 1.82) is 0 Å². The van der Waals surface area contributed by atoms with Gasteiger partial charge in [-0.25, -0.2) is 9.97 Å². The number of nitrogens with two attached hydrogens (primary N) is 1. The quantitative estimate of drug-likeness (QED) is 0.420. The largest absolute Gasteiger partial charge is 0.356 e. The molecule has 1 fully saturated rings. The van der Waals surface area contributed by atoms with Crippen molar-refractivity contribution in [2.45, 2.75) is 24.4 Å². The van der Waals surface area contributed by atoms with Crippen LogP contribution in [-0.4, -0.2) is 39.5 Å². The molecule has 4 aromatic rings. The third kappa shape index (κ3) is 4.29. The Balaban J connectivity index is 1.34. The van der Waals surface area contributed by atoms with Gasteiger partial charge < -0.3 is 20.9 Å². The molecule has 2 aromatic carbocycles. The fourth-order valence-electron chi connectivity index (χ4n) is 4.39. The number of nitrogens with one attached hydrogen (secondary N) is 2. The molecule has 1 unspecified atom stereocenters. The van der Waals surface area contributed by atoms with E-state index in [2.05, 4.69) is 25.2 Å². The predicted octanol–water partition coefficient (Wildman–Crippen LogP) is 3.81. The van der Waals surface area contributed by atoms with Crippen LogP contribution in [0.5, 0.6) is 0 Å². The lowest BCUT2D eigenvalue weighted by molar-refractivity contribution is -0.127. The van der Waals surface area contributed by atoms with E-state index in [1.165, 1.54) is 0 Å². The number of hydrogen-bond acceptors (Lipinski definition) is 5. The van der Waals surface area contributed by atoms with Gasteiger partial charge >= 0.3 is 0 Å². The van der Waals surface area contributed by atoms with Crippen LogP contribution in [0.25, 0.3) is 11.0 Å². The summed E-state index contributed by atoms with van der Waals surface area (Å²) in [4.78, 5) is 27.5. The summed E-state index contributed by atoms with van der Waals surface area (Å²) in [6, 6.07) is 19.1. The van der Waals surface area contributed by atoms with E-state index in [-0.39, 0.29) is 11.9 Å². The molecule has 1 amide bonds. The predicted molar refractivity (Wildman–Crippen MR) is 130 cm³/mol. The molecule has 168 valence electrons. The maximum absolute atomic E-state index is 13.4. The molecule has 0 radical (unpaired) electrons. The highest BCUT2D eigenvalue weighted by atomic mass is 35.5. The van der Waals surface area contributed by atoms with E-state index >= 15 is 0 Å². The molecule has 0 bridgehead atoms. The monoisotopic (exact) mass is 460 g/mol. The molecule has 2 aromatic heterocycles. The van der Waals surface area contributed by atoms with Crippen molar-refractivity contribution in [3.05, 3.63) is 89.3 Å². The average molecular weight is 461 g/mol. The van der Waals surface area contributed by atoms with Gasteiger partial charge in [-0.1, -0.05) is 54.1 Å². The molecular weight excluding hydrogens is 436 g/mol. The standard InChI is InChI=1S/C25H25ClN6O/c26-19-8-6-18(7-9-19)21(17-4-2-1-3-5-17)31-24(33)25(27)11-14-32(15-12-25)23-20-10-13-28-22(20)29-16-30-23/h1-10,13,16,21H,11-12,14-15,27H2,(H,31,33)(H,28,29,30). The van der Waals surface area contributed by atoms with Gasteiger partial charge in [0.1, 0.15) is 17.8 Å². The maximum Gasteiger partial charge on any atom is 0.240 e. The van der Waals surface area contributed by atoms with E-state index in [0.29, 0.717) is 31.0 Å². The van der Waals surface area contributed by atoms with Gasteiger partial charge in [-0.2, -0.15) is 0 Å². The lowest BCUT2D eigenvalue weighted by Crippen LogP contribution is -2.60. The Hall–Kier alpha value is -3.42. The van der Waals surface area contributed by atoms with E-state index in [9.17, 15) is 4.79 Å². The number of fused-ring (bicyclic) bond motifs is 1. The Morgan fingerprint density at radius 3 is 2.45 bits per heavy atom. The molecule has 5 rings (SSSR count). The van der Waals surface area contributed by atoms with Crippen LogP contribution in [0, 0.1) is 0 Å². The summed E-state index contributed by atoms with van der Waals surface area (Å²) in [6.07, 6.45) is 4.46. The first kappa shape index (κ1) is 21.4. The van der Waals surface area contributed by atoms with Crippen LogP contribution in [-0.2, 0) is 4.79 Å². The zero-order chi connectivity index (χ0) is 22.8. The van der Waals surface area contributed by atoms with E-state index in [4.69, 9.17) is 17.3 Å². The number of carbonyl (C=O) groups excluding carboxylic acids is 1. The van der Waals surface area contributed by atoms with Crippen LogP contribution in [0.3, 0.4) is 0 Å². The molecule has 1 atom stereocenters. The number of H-pyrrole nitrogens is 1. The number of amides is 1. The topological polar surface area (TPSA) is 99.9 Å². The molecule has 0 aliphatic carbocycles. The van der Waals surface area contributed by atoms with Crippen molar-refractivity contribution >= 4 is 34.4 Å². The molecule has 1 aliphatic rings. The van der Waals surface area contributed by atoms with Crippen molar-refractivity contribution in [3.8, 4) is 0 Å². The maximum atomic E-state index is 13.4. The Labute approximate surface area is 197 Å². The Kier molecular flexibility index (Phi) is 5.74. The van der Waals surface area contributed by atoms with E-state index in [0.717, 1.165) is 28.0 Å². The number of halogens is 1. The number of benzene rings is 2. The first-order valence-electron chi connectivity index (χ1n) is 11.0. The summed E-state index contributed by atoms with van der Waals surface area (Å²) < 4.78 is 0. The lowest BCUT2D eigenvalue weighted by Gasteiger charge is -2.39. The van der Waals surface area contributed by atoms with Crippen molar-refractivity contribution in [2.75, 3.05) is 18.0 Å². The number of rotatable bonds is 5. The molecule has 1 saturated heterocycles. The number of aromatic amines is 1. The van der Waals surface area contributed by atoms with Crippen molar-refractivity contribution < 1.29 is 4.79 Å². The molecule has 7 nitrogen and oxygen atoms in total. The van der Waals surface area contributed by atoms with Crippen LogP contribution in [0.4, 0.5) is 5.82 Å². The fraction of sp³-hybridized carbons (Fsp3) is 0.240. The number of aromatic nitrogens is 3. The third-order valence-corrected chi connectivity index (χ3v) is 6.60. The van der Waals surface area contributed by atoms with Crippen LogP contribution in [0.2, 0.25) is 5.02 Å². The molecule has 3 heterocycles. The van der Waals surface area contributed by atoms with E-state index in [1.807, 2.05) is 66.9 Å². The minimum Gasteiger partial charge on any atom is -0.356 e. The van der Waals surface area contributed by atoms with Gasteiger partial charge in [0.15, 0.2) is 0 Å². The molecular formula is C25H25ClN6O. The van der Waals surface area contributed by atoms with Crippen molar-refractivity contribution in [3.63, 3.8) is 0 Å². The Morgan fingerprint density at radius 2 is 1.73 bits per heavy atom. The zero-order valence-electron chi connectivity index (χ0n) is 18.0. The molecule has 0 spiro atoms. The summed E-state index contributed by atoms with van der Waals surface area (Å²) >= 11 is 6.08. The number of carbonyl (C=O) groups is 1. The molecule has 33 heavy (non-hydrogen) atoms. The number of nitrogens with zero attached hydrogens (tertiary/aromatic N) is 3. The van der Waals surface area contributed by atoms with Gasteiger partial charge in [-0.15, -0.1) is 0 Å². The van der Waals surface area contributed by atoms with Crippen LogP contribution < -0.4 is 16.0 Å². The van der Waals surface area contributed by atoms with Crippen LogP contribution >= 0.6 is 11.6 Å². The van der Waals surface area contributed by atoms with Gasteiger partial charge in [0, 0.05) is 24.3 Å². The van der Waals surface area contributed by atoms with Gasteiger partial charge in [0.05, 0.1) is 17.0 Å². The van der Waals surface area contributed by atoms with Gasteiger partial charge in [0.25, 0.3) is 0 Å². The highest BCUT2D eigenvalue weighted by Crippen LogP contribution is 2.30. The van der Waals surface area contributed by atoms with Crippen LogP contribution in [0.1, 0.15) is 30.0 Å². The zero-order valence-corrected chi connectivity index (χ0v) is 18.8. The fourth-order valence-corrected chi connectivity index (χ4v) is 4.52. The lowest BCUT2D eigenvalue weighted by atomic mass is 9.86. The highest BCUT2D eigenvalue weighted by Gasteiger charge is 2.39. The number of piperidine rings is 1. The second kappa shape index (κ2) is 8.84. The number of anilines is 1. The Bertz CT molecular complexity index is 1250. The van der Waals surface area contributed by atoms with Gasteiger partial charge in [0.2, 0.25) is 5.91 Å². The van der Waals surface area contributed by atoms with Gasteiger partial charge in [-0.3, -0.25) is 4.79 Å². The summed E-state index contributed by atoms with van der Waals surface area (Å²) in [5, 5.41) is 4.83. The number of hydrogen-bond donors (Lipinski definition) is 3. The summed E-state index contributed by atoms with van der Waals surface area (Å²) in [5.74, 6) is 0.715. The van der Waals surface area contributed by atoms with Crippen molar-refractivity contribution in [1.82, 2.24) is 20.3 Å². The normalized spacial score (nSPS) is 16.5. The first-order valence-corrected chi connectivity index (χ1v) is 11.3. The first-order chi connectivity index (χ1) is 16.0. The van der Waals surface area contributed by atoms with Gasteiger partial charge in [-0.05, 0) is 42.2 Å². The minimum atomic E-state index is -0.958. The third-order valence-electron chi connectivity index (χ3n) is 6.35. The van der Waals surface area contributed by atoms with E-state index in [1.54, 1.807) is 6.33 Å². The summed E-state index contributed by atoms with van der Waals surface area (Å²) in [5.41, 5.74) is 8.45. The van der Waals surface area contributed by atoms with Crippen LogP contribution in [0.15, 0.2) is 73.2 Å². The molecule has 0 saturated carbocycles. The smallest absolute Gasteiger partial charge is 0.240 e. The summed E-state index contributed by atoms with van der Waals surface area (Å²) in [6.45, 7) is 1.27. The van der Waals surface area contributed by atoms with E-state index < -0.39 is 5.54 Å². The average Bonchev–Trinajstić information content (AvgIpc) is 3.33. The second-order valence-corrected chi connectivity index (χ2v) is 8.89. The molecule has 8 heteroatoms. The SMILES string of the molecule is NC1(C(=O)NC(c2ccccc2)c2ccc(Cl)cc2)CCN(c2ncnc3[nH]ccc23)CC1. The Morgan fingerprint density at radius 1 is 1.03 bits per heavy atom. The minimum absolute atomic E-state index is 0.152. The molecule has 4 N–H and O–H groups in total. The second-order valence-electron chi connectivity index (χ2n) is 8.45. The molecule has 1 aliphatic heterocycles. The van der Waals surface area contributed by atoms with Crippen molar-refractivity contribution in [2.24, 2.45) is 5.73 Å². The highest BCUT2D eigenvalue weighted by molar-refractivity contribution is 6.30.